The molecule has 6 heteroatoms. The topological polar surface area (TPSA) is 55.8 Å². The molecule has 0 bridgehead atoms. The average molecular weight is 408 g/mol. The highest BCUT2D eigenvalue weighted by Crippen LogP contribution is 2.38. The first-order valence-corrected chi connectivity index (χ1v) is 10.0. The lowest BCUT2D eigenvalue weighted by Gasteiger charge is -2.41. The van der Waals surface area contributed by atoms with E-state index in [1.54, 1.807) is 11.8 Å². The molecule has 0 spiro atoms. The quantitative estimate of drug-likeness (QED) is 0.518. The molecule has 0 aliphatic carbocycles. The third-order valence-electron chi connectivity index (χ3n) is 4.87. The zero-order valence-corrected chi connectivity index (χ0v) is 18.1. The van der Waals surface area contributed by atoms with Crippen molar-refractivity contribution in [2.75, 3.05) is 19.7 Å². The van der Waals surface area contributed by atoms with Crippen molar-refractivity contribution in [3.05, 3.63) is 46.5 Å². The van der Waals surface area contributed by atoms with Gasteiger partial charge in [0.05, 0.1) is 6.61 Å². The molecule has 2 rings (SSSR count). The second-order valence-corrected chi connectivity index (χ2v) is 8.58. The normalized spacial score (nSPS) is 16.9. The van der Waals surface area contributed by atoms with Crippen molar-refractivity contribution in [3.63, 3.8) is 0 Å². The summed E-state index contributed by atoms with van der Waals surface area (Å²) in [6, 6.07) is 5.93. The number of likely N-dealkylation sites (tertiary alicyclic amines) is 1. The number of ether oxygens (including phenoxy) is 2. The molecule has 0 atom stereocenters. The minimum Gasteiger partial charge on any atom is -0.463 e. The summed E-state index contributed by atoms with van der Waals surface area (Å²) < 4.78 is 10.5. The predicted octanol–water partition coefficient (Wildman–Crippen LogP) is 5.04. The lowest BCUT2D eigenvalue weighted by molar-refractivity contribution is -0.137. The number of nitrogens with zero attached hydrogens (tertiary/aromatic N) is 1. The molecule has 28 heavy (non-hydrogen) atoms. The van der Waals surface area contributed by atoms with Gasteiger partial charge in [0, 0.05) is 29.6 Å². The van der Waals surface area contributed by atoms with Crippen LogP contribution in [0.5, 0.6) is 0 Å². The summed E-state index contributed by atoms with van der Waals surface area (Å²) in [6.07, 6.45) is 4.48. The molecule has 1 saturated heterocycles. The Bertz CT molecular complexity index is 743. The standard InChI is InChI=1S/C22H30ClNO4/c1-6-27-19(25)9-10-22(17-7-8-18(23)16(2)15-17)11-13-24(14-12-22)20(26)28-21(3,4)5/h7-10,15H,6,11-14H2,1-5H3/b10-9+. The summed E-state index contributed by atoms with van der Waals surface area (Å²) in [6.45, 7) is 10.7. The largest absolute Gasteiger partial charge is 0.463 e. The van der Waals surface area contributed by atoms with Gasteiger partial charge >= 0.3 is 12.1 Å². The maximum Gasteiger partial charge on any atom is 0.410 e. The first-order valence-electron chi connectivity index (χ1n) is 9.67. The van der Waals surface area contributed by atoms with E-state index in [0.29, 0.717) is 37.6 Å². The van der Waals surface area contributed by atoms with E-state index in [1.807, 2.05) is 45.9 Å². The van der Waals surface area contributed by atoms with Gasteiger partial charge in [-0.3, -0.25) is 0 Å². The number of rotatable bonds is 4. The number of aryl methyl sites for hydroxylation is 1. The molecule has 1 amide bonds. The van der Waals surface area contributed by atoms with Crippen molar-refractivity contribution in [2.24, 2.45) is 0 Å². The fraction of sp³-hybridized carbons (Fsp3) is 0.545. The van der Waals surface area contributed by atoms with Crippen LogP contribution in [-0.4, -0.2) is 42.3 Å². The fourth-order valence-corrected chi connectivity index (χ4v) is 3.46. The Kier molecular flexibility index (Phi) is 7.16. The van der Waals surface area contributed by atoms with Crippen LogP contribution < -0.4 is 0 Å². The summed E-state index contributed by atoms with van der Waals surface area (Å²) in [7, 11) is 0. The third kappa shape index (κ3) is 5.74. The van der Waals surface area contributed by atoms with Crippen LogP contribution in [0, 0.1) is 6.92 Å². The Morgan fingerprint density at radius 1 is 1.25 bits per heavy atom. The molecule has 0 saturated carbocycles. The summed E-state index contributed by atoms with van der Waals surface area (Å²) in [5, 5.41) is 0.708. The number of hydrogen-bond donors (Lipinski definition) is 0. The summed E-state index contributed by atoms with van der Waals surface area (Å²) in [5.41, 5.74) is 1.18. The molecular weight excluding hydrogens is 378 g/mol. The lowest BCUT2D eigenvalue weighted by atomic mass is 9.72. The number of hydrogen-bond acceptors (Lipinski definition) is 4. The van der Waals surface area contributed by atoms with E-state index in [0.717, 1.165) is 11.1 Å². The van der Waals surface area contributed by atoms with Gasteiger partial charge in [-0.25, -0.2) is 9.59 Å². The molecule has 1 aliphatic heterocycles. The molecule has 1 fully saturated rings. The molecule has 0 unspecified atom stereocenters. The van der Waals surface area contributed by atoms with Crippen molar-refractivity contribution in [1.82, 2.24) is 4.90 Å². The highest BCUT2D eigenvalue weighted by molar-refractivity contribution is 6.31. The number of allylic oxidation sites excluding steroid dienone is 1. The smallest absolute Gasteiger partial charge is 0.410 e. The van der Waals surface area contributed by atoms with Gasteiger partial charge in [0.25, 0.3) is 0 Å². The van der Waals surface area contributed by atoms with Gasteiger partial charge in [-0.15, -0.1) is 0 Å². The summed E-state index contributed by atoms with van der Waals surface area (Å²) in [5.74, 6) is -0.359. The van der Waals surface area contributed by atoms with Crippen LogP contribution in [0.1, 0.15) is 51.7 Å². The van der Waals surface area contributed by atoms with Crippen molar-refractivity contribution in [2.45, 2.75) is 58.5 Å². The maximum absolute atomic E-state index is 12.4. The van der Waals surface area contributed by atoms with Gasteiger partial charge in [0.2, 0.25) is 0 Å². The highest BCUT2D eigenvalue weighted by Gasteiger charge is 2.37. The van der Waals surface area contributed by atoms with Crippen molar-refractivity contribution >= 4 is 23.7 Å². The van der Waals surface area contributed by atoms with Crippen LogP contribution in [0.25, 0.3) is 0 Å². The molecule has 1 heterocycles. The first kappa shape index (κ1) is 22.3. The maximum atomic E-state index is 12.4. The Balaban J connectivity index is 2.25. The molecule has 0 aromatic heterocycles. The molecule has 0 N–H and O–H groups in total. The average Bonchev–Trinajstić information content (AvgIpc) is 2.61. The van der Waals surface area contributed by atoms with Crippen LogP contribution in [0.3, 0.4) is 0 Å². The Morgan fingerprint density at radius 2 is 1.89 bits per heavy atom. The van der Waals surface area contributed by atoms with Crippen LogP contribution in [0.2, 0.25) is 5.02 Å². The van der Waals surface area contributed by atoms with Gasteiger partial charge < -0.3 is 14.4 Å². The van der Waals surface area contributed by atoms with E-state index in [-0.39, 0.29) is 17.5 Å². The molecular formula is C22H30ClNO4. The van der Waals surface area contributed by atoms with Gasteiger partial charge in [0.15, 0.2) is 0 Å². The number of halogens is 1. The number of carbonyl (C=O) groups excluding carboxylic acids is 2. The second-order valence-electron chi connectivity index (χ2n) is 8.17. The first-order chi connectivity index (χ1) is 13.1. The zero-order chi connectivity index (χ0) is 20.9. The number of amides is 1. The van der Waals surface area contributed by atoms with E-state index in [2.05, 4.69) is 6.07 Å². The monoisotopic (exact) mass is 407 g/mol. The Labute approximate surface area is 172 Å². The van der Waals surface area contributed by atoms with Crippen LogP contribution in [0.15, 0.2) is 30.4 Å². The minimum atomic E-state index is -0.525. The van der Waals surface area contributed by atoms with E-state index in [1.165, 1.54) is 6.08 Å². The molecule has 1 aliphatic rings. The van der Waals surface area contributed by atoms with Gasteiger partial charge in [-0.1, -0.05) is 29.8 Å². The zero-order valence-electron chi connectivity index (χ0n) is 17.4. The number of benzene rings is 1. The van der Waals surface area contributed by atoms with Crippen LogP contribution >= 0.6 is 11.6 Å². The Morgan fingerprint density at radius 3 is 2.43 bits per heavy atom. The number of piperidine rings is 1. The van der Waals surface area contributed by atoms with Crippen LogP contribution in [0.4, 0.5) is 4.79 Å². The second kappa shape index (κ2) is 8.99. The lowest BCUT2D eigenvalue weighted by Crippen LogP contribution is -2.46. The highest BCUT2D eigenvalue weighted by atomic mass is 35.5. The van der Waals surface area contributed by atoms with E-state index in [9.17, 15) is 9.59 Å². The minimum absolute atomic E-state index is 0.303. The summed E-state index contributed by atoms with van der Waals surface area (Å²) in [4.78, 5) is 26.0. The number of esters is 1. The predicted molar refractivity (Wildman–Crippen MR) is 111 cm³/mol. The third-order valence-corrected chi connectivity index (χ3v) is 5.29. The fourth-order valence-electron chi connectivity index (χ4n) is 3.34. The molecule has 0 radical (unpaired) electrons. The molecule has 1 aromatic carbocycles. The van der Waals surface area contributed by atoms with Crippen LogP contribution in [-0.2, 0) is 19.7 Å². The number of carbonyl (C=O) groups is 2. The van der Waals surface area contributed by atoms with Crippen molar-refractivity contribution < 1.29 is 19.1 Å². The van der Waals surface area contributed by atoms with E-state index in [4.69, 9.17) is 21.1 Å². The molecule has 5 nitrogen and oxygen atoms in total. The van der Waals surface area contributed by atoms with Gasteiger partial charge in [0.1, 0.15) is 5.60 Å². The Hall–Kier alpha value is -2.01. The summed E-state index contributed by atoms with van der Waals surface area (Å²) >= 11 is 6.20. The van der Waals surface area contributed by atoms with E-state index >= 15 is 0 Å². The van der Waals surface area contributed by atoms with E-state index < -0.39 is 5.60 Å². The SMILES string of the molecule is CCOC(=O)/C=C/C1(c2ccc(Cl)c(C)c2)CCN(C(=O)OC(C)(C)C)CC1. The molecule has 154 valence electrons. The van der Waals surface area contributed by atoms with Crippen molar-refractivity contribution in [1.29, 1.82) is 0 Å². The van der Waals surface area contributed by atoms with Gasteiger partial charge in [-0.2, -0.15) is 0 Å². The van der Waals surface area contributed by atoms with Crippen molar-refractivity contribution in [3.8, 4) is 0 Å². The van der Waals surface area contributed by atoms with Gasteiger partial charge in [-0.05, 0) is 64.7 Å². The molecule has 1 aromatic rings.